The zero-order chi connectivity index (χ0) is 16.2. The fourth-order valence-corrected chi connectivity index (χ4v) is 2.41. The largest absolute Gasteiger partial charge is 0.342 e. The summed E-state index contributed by atoms with van der Waals surface area (Å²) in [5.74, 6) is 0.618. The quantitative estimate of drug-likeness (QED) is 0.780. The molecular weight excluding hydrogens is 292 g/mol. The van der Waals surface area contributed by atoms with Gasteiger partial charge >= 0.3 is 0 Å². The molecule has 0 bridgehead atoms. The van der Waals surface area contributed by atoms with Crippen molar-refractivity contribution >= 4 is 5.91 Å². The number of rotatable bonds is 5. The van der Waals surface area contributed by atoms with Gasteiger partial charge in [0, 0.05) is 30.7 Å². The second kappa shape index (κ2) is 6.43. The van der Waals surface area contributed by atoms with Crippen LogP contribution in [0.2, 0.25) is 0 Å². The maximum atomic E-state index is 12.4. The summed E-state index contributed by atoms with van der Waals surface area (Å²) in [6, 6.07) is 7.21. The van der Waals surface area contributed by atoms with E-state index in [9.17, 15) is 4.79 Å². The van der Waals surface area contributed by atoms with E-state index in [2.05, 4.69) is 20.4 Å². The van der Waals surface area contributed by atoms with Gasteiger partial charge in [-0.1, -0.05) is 6.92 Å². The van der Waals surface area contributed by atoms with Gasteiger partial charge in [-0.2, -0.15) is 5.10 Å². The predicted octanol–water partition coefficient (Wildman–Crippen LogP) is 1.88. The highest BCUT2D eigenvalue weighted by molar-refractivity contribution is 5.94. The van der Waals surface area contributed by atoms with E-state index in [1.165, 1.54) is 6.33 Å². The standard InChI is InChI=1S/C16H18N6O/c1-3-14(15-18-10-19-21(15)2)20-16(23)12-4-6-13(7-5-12)22-9-8-17-11-22/h4-11,14H,3H2,1-2H3,(H,20,23). The van der Waals surface area contributed by atoms with Gasteiger partial charge in [0.15, 0.2) is 0 Å². The molecule has 23 heavy (non-hydrogen) atoms. The molecule has 0 saturated heterocycles. The first-order valence-electron chi connectivity index (χ1n) is 7.42. The van der Waals surface area contributed by atoms with Crippen LogP contribution in [0.1, 0.15) is 35.6 Å². The normalized spacial score (nSPS) is 12.1. The molecule has 0 radical (unpaired) electrons. The molecule has 1 aromatic carbocycles. The molecule has 2 heterocycles. The number of imidazole rings is 1. The minimum atomic E-state index is -0.164. The Morgan fingerprint density at radius 2 is 2.09 bits per heavy atom. The van der Waals surface area contributed by atoms with Crippen LogP contribution in [0, 0.1) is 0 Å². The first-order chi connectivity index (χ1) is 11.2. The third-order valence-electron chi connectivity index (χ3n) is 3.70. The third kappa shape index (κ3) is 3.13. The molecule has 1 atom stereocenters. The molecule has 0 aliphatic heterocycles. The summed E-state index contributed by atoms with van der Waals surface area (Å²) in [7, 11) is 1.82. The predicted molar refractivity (Wildman–Crippen MR) is 85.1 cm³/mol. The van der Waals surface area contributed by atoms with Crippen LogP contribution in [0.3, 0.4) is 0 Å². The van der Waals surface area contributed by atoms with E-state index in [0.29, 0.717) is 5.56 Å². The minimum absolute atomic E-state index is 0.128. The summed E-state index contributed by atoms with van der Waals surface area (Å²) in [5, 5.41) is 7.05. The summed E-state index contributed by atoms with van der Waals surface area (Å²) in [6.07, 6.45) is 7.52. The Bertz CT molecular complexity index is 775. The van der Waals surface area contributed by atoms with E-state index >= 15 is 0 Å². The van der Waals surface area contributed by atoms with E-state index < -0.39 is 0 Å². The van der Waals surface area contributed by atoms with E-state index in [1.807, 2.05) is 36.9 Å². The second-order valence-electron chi connectivity index (χ2n) is 5.19. The molecule has 3 aromatic rings. The van der Waals surface area contributed by atoms with Gasteiger partial charge in [0.2, 0.25) is 0 Å². The van der Waals surface area contributed by atoms with Crippen LogP contribution in [-0.4, -0.2) is 30.2 Å². The number of aryl methyl sites for hydroxylation is 1. The molecule has 0 saturated carbocycles. The summed E-state index contributed by atoms with van der Waals surface area (Å²) in [5.41, 5.74) is 1.56. The molecule has 7 heteroatoms. The fourth-order valence-electron chi connectivity index (χ4n) is 2.41. The van der Waals surface area contributed by atoms with Crippen molar-refractivity contribution in [3.05, 3.63) is 60.7 Å². The van der Waals surface area contributed by atoms with Gasteiger partial charge in [-0.25, -0.2) is 9.97 Å². The highest BCUT2D eigenvalue weighted by Crippen LogP contribution is 2.15. The Balaban J connectivity index is 1.74. The highest BCUT2D eigenvalue weighted by Gasteiger charge is 2.18. The molecule has 118 valence electrons. The van der Waals surface area contributed by atoms with Crippen molar-refractivity contribution in [3.63, 3.8) is 0 Å². The second-order valence-corrected chi connectivity index (χ2v) is 5.19. The number of hydrogen-bond donors (Lipinski definition) is 1. The minimum Gasteiger partial charge on any atom is -0.342 e. The number of carbonyl (C=O) groups excluding carboxylic acids is 1. The maximum absolute atomic E-state index is 12.4. The molecule has 1 N–H and O–H groups in total. The smallest absolute Gasteiger partial charge is 0.251 e. The lowest BCUT2D eigenvalue weighted by Crippen LogP contribution is -2.30. The molecule has 3 rings (SSSR count). The van der Waals surface area contributed by atoms with Crippen LogP contribution >= 0.6 is 0 Å². The third-order valence-corrected chi connectivity index (χ3v) is 3.70. The van der Waals surface area contributed by atoms with Gasteiger partial charge < -0.3 is 9.88 Å². The Morgan fingerprint density at radius 3 is 2.65 bits per heavy atom. The van der Waals surface area contributed by atoms with E-state index in [-0.39, 0.29) is 11.9 Å². The van der Waals surface area contributed by atoms with Gasteiger partial charge in [0.05, 0.1) is 12.4 Å². The van der Waals surface area contributed by atoms with Crippen LogP contribution in [0.5, 0.6) is 0 Å². The first-order valence-corrected chi connectivity index (χ1v) is 7.42. The summed E-state index contributed by atoms with van der Waals surface area (Å²) in [6.45, 7) is 2.00. The number of benzene rings is 1. The van der Waals surface area contributed by atoms with Gasteiger partial charge in [-0.05, 0) is 30.7 Å². The van der Waals surface area contributed by atoms with Gasteiger partial charge in [0.25, 0.3) is 5.91 Å². The Labute approximate surface area is 134 Å². The average Bonchev–Trinajstić information content (AvgIpc) is 3.24. The zero-order valence-corrected chi connectivity index (χ0v) is 13.0. The Kier molecular flexibility index (Phi) is 4.18. The monoisotopic (exact) mass is 310 g/mol. The molecule has 2 aromatic heterocycles. The molecule has 7 nitrogen and oxygen atoms in total. The SMILES string of the molecule is CCC(NC(=O)c1ccc(-n2ccnc2)cc1)c1ncnn1C. The average molecular weight is 310 g/mol. The van der Waals surface area contributed by atoms with Crippen molar-refractivity contribution in [3.8, 4) is 5.69 Å². The molecule has 1 unspecified atom stereocenters. The first kappa shape index (κ1) is 15.0. The Hall–Kier alpha value is -2.96. The van der Waals surface area contributed by atoms with Crippen LogP contribution in [0.25, 0.3) is 5.69 Å². The summed E-state index contributed by atoms with van der Waals surface area (Å²) >= 11 is 0. The number of amides is 1. The number of carbonyl (C=O) groups is 1. The number of hydrogen-bond acceptors (Lipinski definition) is 4. The lowest BCUT2D eigenvalue weighted by atomic mass is 10.1. The van der Waals surface area contributed by atoms with Crippen molar-refractivity contribution in [2.45, 2.75) is 19.4 Å². The van der Waals surface area contributed by atoms with Gasteiger partial charge in [-0.3, -0.25) is 9.48 Å². The number of aromatic nitrogens is 5. The lowest BCUT2D eigenvalue weighted by Gasteiger charge is -2.16. The van der Waals surface area contributed by atoms with Gasteiger partial charge in [0.1, 0.15) is 12.2 Å². The lowest BCUT2D eigenvalue weighted by molar-refractivity contribution is 0.0933. The van der Waals surface area contributed by atoms with Crippen LogP contribution in [0.4, 0.5) is 0 Å². The van der Waals surface area contributed by atoms with Gasteiger partial charge in [-0.15, -0.1) is 0 Å². The van der Waals surface area contributed by atoms with E-state index in [4.69, 9.17) is 0 Å². The van der Waals surface area contributed by atoms with Crippen LogP contribution < -0.4 is 5.32 Å². The maximum Gasteiger partial charge on any atom is 0.251 e. The molecule has 0 aliphatic carbocycles. The zero-order valence-electron chi connectivity index (χ0n) is 13.0. The summed E-state index contributed by atoms with van der Waals surface area (Å²) < 4.78 is 3.56. The molecule has 0 aliphatic rings. The molecular formula is C16H18N6O. The molecule has 1 amide bonds. The highest BCUT2D eigenvalue weighted by atomic mass is 16.1. The topological polar surface area (TPSA) is 77.6 Å². The van der Waals surface area contributed by atoms with Crippen LogP contribution in [-0.2, 0) is 7.05 Å². The van der Waals surface area contributed by atoms with Crippen molar-refractivity contribution in [2.24, 2.45) is 7.05 Å². The van der Waals surface area contributed by atoms with Crippen molar-refractivity contribution < 1.29 is 4.79 Å². The van der Waals surface area contributed by atoms with Crippen molar-refractivity contribution in [2.75, 3.05) is 0 Å². The molecule has 0 fully saturated rings. The summed E-state index contributed by atoms with van der Waals surface area (Å²) in [4.78, 5) is 20.7. The molecule has 0 spiro atoms. The van der Waals surface area contributed by atoms with E-state index in [1.54, 1.807) is 29.3 Å². The Morgan fingerprint density at radius 1 is 1.30 bits per heavy atom. The number of nitrogens with one attached hydrogen (secondary N) is 1. The fraction of sp³-hybridized carbons (Fsp3) is 0.250. The van der Waals surface area contributed by atoms with E-state index in [0.717, 1.165) is 17.9 Å². The van der Waals surface area contributed by atoms with Crippen LogP contribution in [0.15, 0.2) is 49.3 Å². The van der Waals surface area contributed by atoms with Crippen molar-refractivity contribution in [1.29, 1.82) is 0 Å². The number of nitrogens with zero attached hydrogens (tertiary/aromatic N) is 5. The van der Waals surface area contributed by atoms with Crippen molar-refractivity contribution in [1.82, 2.24) is 29.6 Å².